The number of carbonyl (C=O) groups is 1. The molecule has 1 amide bonds. The summed E-state index contributed by atoms with van der Waals surface area (Å²) >= 11 is 0. The summed E-state index contributed by atoms with van der Waals surface area (Å²) in [5.74, 6) is -0.0118. The molecule has 19 heavy (non-hydrogen) atoms. The van der Waals surface area contributed by atoms with Gasteiger partial charge in [0.1, 0.15) is 0 Å². The second kappa shape index (κ2) is 5.40. The fraction of sp³-hybridized carbons (Fsp3) is 0.429. The maximum Gasteiger partial charge on any atom is 0.251 e. The second-order valence-electron chi connectivity index (χ2n) is 4.98. The number of amides is 1. The van der Waals surface area contributed by atoms with Crippen molar-refractivity contribution in [1.29, 1.82) is 0 Å². The molecule has 1 aliphatic heterocycles. The summed E-state index contributed by atoms with van der Waals surface area (Å²) in [6.07, 6.45) is 4.30. The van der Waals surface area contributed by atoms with Crippen molar-refractivity contribution < 1.29 is 4.79 Å². The molecule has 5 nitrogen and oxygen atoms in total. The number of aromatic amines is 1. The summed E-state index contributed by atoms with van der Waals surface area (Å²) in [5.41, 5.74) is 1.64. The van der Waals surface area contributed by atoms with Gasteiger partial charge in [-0.2, -0.15) is 5.10 Å². The Bertz CT molecular complexity index is 572. The highest BCUT2D eigenvalue weighted by atomic mass is 16.1. The summed E-state index contributed by atoms with van der Waals surface area (Å²) in [4.78, 5) is 14.4. The molecule has 2 heterocycles. The van der Waals surface area contributed by atoms with E-state index in [0.717, 1.165) is 30.5 Å². The van der Waals surface area contributed by atoms with Gasteiger partial charge in [-0.25, -0.2) is 0 Å². The van der Waals surface area contributed by atoms with E-state index in [1.165, 1.54) is 12.8 Å². The summed E-state index contributed by atoms with van der Waals surface area (Å²) in [7, 11) is 0. The largest absolute Gasteiger partial charge is 0.351 e. The van der Waals surface area contributed by atoms with E-state index >= 15 is 0 Å². The molecule has 0 spiro atoms. The van der Waals surface area contributed by atoms with Crippen LogP contribution in [0.25, 0.3) is 10.9 Å². The molecule has 0 atom stereocenters. The van der Waals surface area contributed by atoms with Gasteiger partial charge in [0.2, 0.25) is 0 Å². The lowest BCUT2D eigenvalue weighted by atomic mass is 10.1. The highest BCUT2D eigenvalue weighted by Gasteiger charge is 2.12. The number of nitrogens with one attached hydrogen (secondary N) is 2. The average molecular weight is 258 g/mol. The van der Waals surface area contributed by atoms with Crippen LogP contribution in [0.2, 0.25) is 0 Å². The second-order valence-corrected chi connectivity index (χ2v) is 4.98. The molecule has 1 saturated heterocycles. The fourth-order valence-electron chi connectivity index (χ4n) is 2.52. The molecular weight excluding hydrogens is 240 g/mol. The zero-order valence-corrected chi connectivity index (χ0v) is 10.9. The summed E-state index contributed by atoms with van der Waals surface area (Å²) < 4.78 is 0. The maximum absolute atomic E-state index is 12.0. The number of hydrogen-bond donors (Lipinski definition) is 2. The first-order chi connectivity index (χ1) is 9.33. The van der Waals surface area contributed by atoms with Crippen molar-refractivity contribution in [2.45, 2.75) is 12.8 Å². The molecule has 1 aliphatic rings. The van der Waals surface area contributed by atoms with Crippen molar-refractivity contribution in [2.75, 3.05) is 26.2 Å². The van der Waals surface area contributed by atoms with Crippen molar-refractivity contribution in [1.82, 2.24) is 20.4 Å². The summed E-state index contributed by atoms with van der Waals surface area (Å²) in [6, 6.07) is 5.58. The Labute approximate surface area is 112 Å². The molecule has 100 valence electrons. The van der Waals surface area contributed by atoms with Gasteiger partial charge in [-0.1, -0.05) is 0 Å². The van der Waals surface area contributed by atoms with E-state index in [1.54, 1.807) is 6.20 Å². The summed E-state index contributed by atoms with van der Waals surface area (Å²) in [6.45, 7) is 3.98. The Kier molecular flexibility index (Phi) is 3.46. The topological polar surface area (TPSA) is 61.0 Å². The minimum atomic E-state index is -0.0118. The van der Waals surface area contributed by atoms with E-state index in [9.17, 15) is 4.79 Å². The minimum absolute atomic E-state index is 0.0118. The number of hydrogen-bond acceptors (Lipinski definition) is 3. The number of fused-ring (bicyclic) bond motifs is 1. The fourth-order valence-corrected chi connectivity index (χ4v) is 2.52. The number of benzene rings is 1. The lowest BCUT2D eigenvalue weighted by Crippen LogP contribution is -2.33. The zero-order chi connectivity index (χ0) is 13.1. The van der Waals surface area contributed by atoms with E-state index in [0.29, 0.717) is 12.1 Å². The van der Waals surface area contributed by atoms with Crippen molar-refractivity contribution >= 4 is 16.8 Å². The first-order valence-corrected chi connectivity index (χ1v) is 6.76. The number of likely N-dealkylation sites (tertiary alicyclic amines) is 1. The number of H-pyrrole nitrogens is 1. The van der Waals surface area contributed by atoms with Crippen LogP contribution in [-0.2, 0) is 0 Å². The lowest BCUT2D eigenvalue weighted by Gasteiger charge is -2.14. The Morgan fingerprint density at radius 2 is 2.21 bits per heavy atom. The van der Waals surface area contributed by atoms with Crippen LogP contribution in [0, 0.1) is 0 Å². The highest BCUT2D eigenvalue weighted by molar-refractivity contribution is 5.97. The monoisotopic (exact) mass is 258 g/mol. The first-order valence-electron chi connectivity index (χ1n) is 6.76. The van der Waals surface area contributed by atoms with Gasteiger partial charge in [0.05, 0.1) is 11.7 Å². The van der Waals surface area contributed by atoms with E-state index in [-0.39, 0.29) is 5.91 Å². The van der Waals surface area contributed by atoms with E-state index in [1.807, 2.05) is 18.2 Å². The molecule has 1 aromatic carbocycles. The van der Waals surface area contributed by atoms with Gasteiger partial charge >= 0.3 is 0 Å². The van der Waals surface area contributed by atoms with Crippen LogP contribution in [0.4, 0.5) is 0 Å². The molecule has 1 aromatic heterocycles. The van der Waals surface area contributed by atoms with Crippen LogP contribution in [0.15, 0.2) is 24.4 Å². The molecule has 5 heteroatoms. The van der Waals surface area contributed by atoms with Crippen molar-refractivity contribution in [3.8, 4) is 0 Å². The molecule has 0 radical (unpaired) electrons. The quantitative estimate of drug-likeness (QED) is 0.871. The number of carbonyl (C=O) groups excluding carboxylic acids is 1. The van der Waals surface area contributed by atoms with Gasteiger partial charge < -0.3 is 10.2 Å². The average Bonchev–Trinajstić information content (AvgIpc) is 3.08. The lowest BCUT2D eigenvalue weighted by molar-refractivity contribution is 0.0950. The van der Waals surface area contributed by atoms with Gasteiger partial charge in [0.15, 0.2) is 0 Å². The normalized spacial score (nSPS) is 16.0. The van der Waals surface area contributed by atoms with E-state index < -0.39 is 0 Å². The van der Waals surface area contributed by atoms with E-state index in [2.05, 4.69) is 20.4 Å². The van der Waals surface area contributed by atoms with Crippen LogP contribution < -0.4 is 5.32 Å². The summed E-state index contributed by atoms with van der Waals surface area (Å²) in [5, 5.41) is 10.8. The SMILES string of the molecule is O=C(NCCN1CCCC1)c1ccc2[nH]ncc2c1. The van der Waals surface area contributed by atoms with Gasteiger partial charge in [-0.3, -0.25) is 9.89 Å². The predicted molar refractivity (Wildman–Crippen MR) is 74.1 cm³/mol. The van der Waals surface area contributed by atoms with Crippen molar-refractivity contribution in [2.24, 2.45) is 0 Å². The van der Waals surface area contributed by atoms with E-state index in [4.69, 9.17) is 0 Å². The van der Waals surface area contributed by atoms with Crippen molar-refractivity contribution in [3.05, 3.63) is 30.0 Å². The van der Waals surface area contributed by atoms with Gasteiger partial charge in [0.25, 0.3) is 5.91 Å². The van der Waals surface area contributed by atoms with Gasteiger partial charge in [0, 0.05) is 24.0 Å². The molecular formula is C14H18N4O. The third-order valence-electron chi connectivity index (χ3n) is 3.61. The molecule has 0 unspecified atom stereocenters. The van der Waals surface area contributed by atoms with Crippen LogP contribution in [0.1, 0.15) is 23.2 Å². The van der Waals surface area contributed by atoms with Crippen LogP contribution in [-0.4, -0.2) is 47.2 Å². The van der Waals surface area contributed by atoms with Gasteiger partial charge in [-0.15, -0.1) is 0 Å². The molecule has 1 fully saturated rings. The molecule has 2 N–H and O–H groups in total. The number of nitrogens with zero attached hydrogens (tertiary/aromatic N) is 2. The van der Waals surface area contributed by atoms with Crippen LogP contribution in [0.5, 0.6) is 0 Å². The Balaban J connectivity index is 1.56. The minimum Gasteiger partial charge on any atom is -0.351 e. The number of aromatic nitrogens is 2. The van der Waals surface area contributed by atoms with Crippen molar-refractivity contribution in [3.63, 3.8) is 0 Å². The first kappa shape index (κ1) is 12.2. The molecule has 0 saturated carbocycles. The number of rotatable bonds is 4. The smallest absolute Gasteiger partial charge is 0.251 e. The Hall–Kier alpha value is -1.88. The standard InChI is InChI=1S/C14H18N4O/c19-14(15-5-8-18-6-1-2-7-18)11-3-4-13-12(9-11)10-16-17-13/h3-4,9-10H,1-2,5-8H2,(H,15,19)(H,16,17). The maximum atomic E-state index is 12.0. The molecule has 0 bridgehead atoms. The zero-order valence-electron chi connectivity index (χ0n) is 10.9. The molecule has 3 rings (SSSR count). The third kappa shape index (κ3) is 2.76. The highest BCUT2D eigenvalue weighted by Crippen LogP contribution is 2.12. The Morgan fingerprint density at radius 3 is 3.05 bits per heavy atom. The molecule has 2 aromatic rings. The Morgan fingerprint density at radius 1 is 1.37 bits per heavy atom. The van der Waals surface area contributed by atoms with Gasteiger partial charge in [-0.05, 0) is 44.1 Å². The third-order valence-corrected chi connectivity index (χ3v) is 3.61. The predicted octanol–water partition coefficient (Wildman–Crippen LogP) is 1.39. The van der Waals surface area contributed by atoms with Crippen LogP contribution in [0.3, 0.4) is 0 Å². The molecule has 0 aliphatic carbocycles. The van der Waals surface area contributed by atoms with Crippen LogP contribution >= 0.6 is 0 Å².